The highest BCUT2D eigenvalue weighted by molar-refractivity contribution is 6.26. The van der Waals surface area contributed by atoms with Crippen molar-refractivity contribution in [1.82, 2.24) is 0 Å². The molecule has 1 nitrogen and oxygen atoms in total. The fraction of sp³-hybridized carbons (Fsp3) is 0.909. The number of alkyl halides is 1. The number of hydrogen-bond acceptors (Lipinski definition) is 1. The molecule has 0 saturated heterocycles. The lowest BCUT2D eigenvalue weighted by molar-refractivity contribution is 0.155. The lowest BCUT2D eigenvalue weighted by atomic mass is 9.66. The van der Waals surface area contributed by atoms with Gasteiger partial charge in [-0.05, 0) is 24.2 Å². The number of hydrogen-bond donors (Lipinski definition) is 0. The molecule has 0 heterocycles. The van der Waals surface area contributed by atoms with Crippen molar-refractivity contribution >= 4 is 11.6 Å². The van der Waals surface area contributed by atoms with E-state index in [-0.39, 0.29) is 5.41 Å². The number of nitriles is 1. The summed E-state index contributed by atoms with van der Waals surface area (Å²) in [5, 5.41) is 9.10. The zero-order valence-electron chi connectivity index (χ0n) is 8.73. The van der Waals surface area contributed by atoms with Crippen molar-refractivity contribution in [3.05, 3.63) is 0 Å². The Bertz CT molecular complexity index is 223. The van der Waals surface area contributed by atoms with E-state index in [0.717, 1.165) is 19.3 Å². The maximum atomic E-state index is 9.10. The van der Waals surface area contributed by atoms with Gasteiger partial charge in [-0.25, -0.2) is 0 Å². The van der Waals surface area contributed by atoms with Crippen molar-refractivity contribution in [3.63, 3.8) is 0 Å². The Morgan fingerprint density at radius 1 is 1.38 bits per heavy atom. The van der Waals surface area contributed by atoms with E-state index >= 15 is 0 Å². The first kappa shape index (κ1) is 10.9. The van der Waals surface area contributed by atoms with Gasteiger partial charge in [0.2, 0.25) is 0 Å². The van der Waals surface area contributed by atoms with Gasteiger partial charge in [0.25, 0.3) is 0 Å². The summed E-state index contributed by atoms with van der Waals surface area (Å²) in [5.74, 6) is 0.334. The molecule has 2 heteroatoms. The SMILES string of the molecule is CC(C)(C)C1CCCCC1(Cl)C#N. The van der Waals surface area contributed by atoms with Gasteiger partial charge in [-0.1, -0.05) is 33.6 Å². The van der Waals surface area contributed by atoms with Crippen LogP contribution in [0, 0.1) is 22.7 Å². The quantitative estimate of drug-likeness (QED) is 0.546. The minimum atomic E-state index is -0.601. The van der Waals surface area contributed by atoms with Gasteiger partial charge >= 0.3 is 0 Å². The van der Waals surface area contributed by atoms with Crippen molar-refractivity contribution < 1.29 is 0 Å². The molecule has 0 N–H and O–H groups in total. The van der Waals surface area contributed by atoms with E-state index < -0.39 is 4.87 Å². The molecule has 0 aromatic heterocycles. The third-order valence-corrected chi connectivity index (χ3v) is 3.60. The van der Waals surface area contributed by atoms with Gasteiger partial charge in [0.05, 0.1) is 6.07 Å². The molecule has 0 spiro atoms. The van der Waals surface area contributed by atoms with Gasteiger partial charge in [-0.15, -0.1) is 11.6 Å². The number of rotatable bonds is 0. The predicted molar refractivity (Wildman–Crippen MR) is 55.6 cm³/mol. The highest BCUT2D eigenvalue weighted by atomic mass is 35.5. The van der Waals surface area contributed by atoms with Gasteiger partial charge in [0, 0.05) is 0 Å². The minimum Gasteiger partial charge on any atom is -0.196 e. The second kappa shape index (κ2) is 3.50. The molecule has 1 rings (SSSR count). The first-order chi connectivity index (χ1) is 5.90. The van der Waals surface area contributed by atoms with Crippen LogP contribution in [0.2, 0.25) is 0 Å². The van der Waals surface area contributed by atoms with Crippen molar-refractivity contribution in [2.45, 2.75) is 51.3 Å². The number of nitrogens with zero attached hydrogens (tertiary/aromatic N) is 1. The standard InChI is InChI=1S/C11H18ClN/c1-10(2,3)9-6-4-5-7-11(9,12)8-13/h9H,4-7H2,1-3H3. The molecule has 0 aliphatic heterocycles. The molecule has 1 aliphatic carbocycles. The van der Waals surface area contributed by atoms with E-state index in [1.54, 1.807) is 0 Å². The monoisotopic (exact) mass is 199 g/mol. The molecule has 0 aromatic rings. The molecule has 1 aliphatic rings. The van der Waals surface area contributed by atoms with Gasteiger partial charge < -0.3 is 0 Å². The van der Waals surface area contributed by atoms with Crippen LogP contribution in [-0.4, -0.2) is 4.87 Å². The largest absolute Gasteiger partial charge is 0.196 e. The van der Waals surface area contributed by atoms with Crippen LogP contribution in [0.15, 0.2) is 0 Å². The average Bonchev–Trinajstić information content (AvgIpc) is 2.03. The Morgan fingerprint density at radius 3 is 2.38 bits per heavy atom. The highest BCUT2D eigenvalue weighted by Crippen LogP contribution is 2.47. The smallest absolute Gasteiger partial charge is 0.134 e. The third kappa shape index (κ3) is 2.17. The van der Waals surface area contributed by atoms with Crippen LogP contribution in [0.1, 0.15) is 46.5 Å². The molecule has 0 bridgehead atoms. The van der Waals surface area contributed by atoms with E-state index in [1.807, 2.05) is 0 Å². The Kier molecular flexibility index (Phi) is 2.92. The van der Waals surface area contributed by atoms with Crippen molar-refractivity contribution in [3.8, 4) is 6.07 Å². The zero-order chi connectivity index (χ0) is 10.1. The van der Waals surface area contributed by atoms with Crippen LogP contribution < -0.4 is 0 Å². The van der Waals surface area contributed by atoms with Gasteiger partial charge in [0.1, 0.15) is 4.87 Å². The Balaban J connectivity index is 2.87. The summed E-state index contributed by atoms with van der Waals surface area (Å²) in [4.78, 5) is -0.601. The average molecular weight is 200 g/mol. The lowest BCUT2D eigenvalue weighted by Gasteiger charge is -2.42. The van der Waals surface area contributed by atoms with Crippen LogP contribution in [0.3, 0.4) is 0 Å². The Hall–Kier alpha value is -0.220. The fourth-order valence-corrected chi connectivity index (χ4v) is 2.96. The highest BCUT2D eigenvalue weighted by Gasteiger charge is 2.45. The van der Waals surface area contributed by atoms with Gasteiger partial charge in [0.15, 0.2) is 0 Å². The first-order valence-electron chi connectivity index (χ1n) is 5.00. The molecule has 1 fully saturated rings. The Morgan fingerprint density at radius 2 is 2.00 bits per heavy atom. The maximum Gasteiger partial charge on any atom is 0.134 e. The van der Waals surface area contributed by atoms with Gasteiger partial charge in [-0.2, -0.15) is 5.26 Å². The van der Waals surface area contributed by atoms with Crippen molar-refractivity contribution in [2.24, 2.45) is 11.3 Å². The summed E-state index contributed by atoms with van der Waals surface area (Å²) in [6.07, 6.45) is 4.27. The fourth-order valence-electron chi connectivity index (χ4n) is 2.39. The molecule has 0 amide bonds. The summed E-state index contributed by atoms with van der Waals surface area (Å²) in [5.41, 5.74) is 0.151. The van der Waals surface area contributed by atoms with E-state index in [4.69, 9.17) is 16.9 Å². The number of halogens is 1. The second-order valence-corrected chi connectivity index (χ2v) is 5.81. The van der Waals surface area contributed by atoms with Crippen LogP contribution in [0.5, 0.6) is 0 Å². The molecule has 0 aromatic carbocycles. The second-order valence-electron chi connectivity index (χ2n) is 5.14. The van der Waals surface area contributed by atoms with E-state index in [9.17, 15) is 0 Å². The Labute approximate surface area is 86.1 Å². The van der Waals surface area contributed by atoms with E-state index in [2.05, 4.69) is 26.8 Å². The maximum absolute atomic E-state index is 9.10. The summed E-state index contributed by atoms with van der Waals surface area (Å²) >= 11 is 6.35. The lowest BCUT2D eigenvalue weighted by Crippen LogP contribution is -2.41. The topological polar surface area (TPSA) is 23.8 Å². The van der Waals surface area contributed by atoms with Crippen LogP contribution in [0.25, 0.3) is 0 Å². The predicted octanol–water partition coefficient (Wildman–Crippen LogP) is 3.72. The molecule has 13 heavy (non-hydrogen) atoms. The minimum absolute atomic E-state index is 0.151. The summed E-state index contributed by atoms with van der Waals surface area (Å²) < 4.78 is 0. The van der Waals surface area contributed by atoms with Crippen LogP contribution >= 0.6 is 11.6 Å². The van der Waals surface area contributed by atoms with Crippen molar-refractivity contribution in [1.29, 1.82) is 5.26 Å². The molecule has 0 radical (unpaired) electrons. The molecular weight excluding hydrogens is 182 g/mol. The zero-order valence-corrected chi connectivity index (χ0v) is 9.49. The molecular formula is C11H18ClN. The first-order valence-corrected chi connectivity index (χ1v) is 5.38. The normalized spacial score (nSPS) is 35.5. The summed E-state index contributed by atoms with van der Waals surface area (Å²) in [6.45, 7) is 6.53. The van der Waals surface area contributed by atoms with Gasteiger partial charge in [-0.3, -0.25) is 0 Å². The molecule has 2 atom stereocenters. The summed E-state index contributed by atoms with van der Waals surface area (Å²) in [7, 11) is 0. The van der Waals surface area contributed by atoms with E-state index in [1.165, 1.54) is 6.42 Å². The van der Waals surface area contributed by atoms with Crippen molar-refractivity contribution in [2.75, 3.05) is 0 Å². The van der Waals surface area contributed by atoms with Crippen LogP contribution in [0.4, 0.5) is 0 Å². The molecule has 74 valence electrons. The summed E-state index contributed by atoms with van der Waals surface area (Å²) in [6, 6.07) is 2.30. The van der Waals surface area contributed by atoms with E-state index in [0.29, 0.717) is 5.92 Å². The third-order valence-electron chi connectivity index (χ3n) is 3.07. The molecule has 2 unspecified atom stereocenters. The van der Waals surface area contributed by atoms with Crippen LogP contribution in [-0.2, 0) is 0 Å². The molecule has 1 saturated carbocycles.